The molecule has 2 aromatic rings. The Bertz CT molecular complexity index is 1070. The van der Waals surface area contributed by atoms with Gasteiger partial charge in [-0.15, -0.1) is 11.8 Å². The van der Waals surface area contributed by atoms with E-state index in [4.69, 9.17) is 20.1 Å². The minimum atomic E-state index is -0.998. The van der Waals surface area contributed by atoms with Crippen molar-refractivity contribution in [2.45, 2.75) is 132 Å². The molecular weight excluding hydrogens is 917 g/mol. The quantitative estimate of drug-likeness (QED) is 0.0274. The van der Waals surface area contributed by atoms with Crippen molar-refractivity contribution in [3.8, 4) is 0 Å². The van der Waals surface area contributed by atoms with E-state index in [2.05, 4.69) is 70.9 Å². The molecule has 2 rings (SSSR count). The fourth-order valence-corrected chi connectivity index (χ4v) is 3.76. The Morgan fingerprint density at radius 3 is 1.18 bits per heavy atom. The molecule has 14 nitrogen and oxygen atoms in total. The summed E-state index contributed by atoms with van der Waals surface area (Å²) in [5.41, 5.74) is 1.16. The molecule has 17 heteroatoms. The van der Waals surface area contributed by atoms with Gasteiger partial charge in [0.2, 0.25) is 0 Å². The first-order chi connectivity index (χ1) is 32.1. The van der Waals surface area contributed by atoms with Crippen LogP contribution in [0.3, 0.4) is 0 Å². The third-order valence-electron chi connectivity index (χ3n) is 6.14. The van der Waals surface area contributed by atoms with Crippen molar-refractivity contribution in [1.82, 2.24) is 5.32 Å². The number of likely N-dealkylation sites (N-methyl/N-ethyl adjacent to an activating group) is 1. The van der Waals surface area contributed by atoms with Crippen LogP contribution in [0.5, 0.6) is 0 Å². The Morgan fingerprint density at radius 2 is 1.00 bits per heavy atom. The van der Waals surface area contributed by atoms with Gasteiger partial charge < -0.3 is 54.9 Å². The molecular formula is C50H97N2O12S3-. The molecule has 0 atom stereocenters. The van der Waals surface area contributed by atoms with Gasteiger partial charge in [-0.3, -0.25) is 14.4 Å². The molecule has 0 spiro atoms. The standard InChI is InChI=1S/C7H9N.C7H8S.2C6H12O2.C5H11NO2.C5H12O.C4H10O.C3H6O2S.C3H8OS.C2H4O.C2H6/c2*1-8-7-5-3-2-4-6-7;2*1-3-4-5-8-6(2)7;1-5(7)8-4-3-6-2;1-2-3-4-5-6;1-2-3-4-5;1-6-2-3(4)5;1-5-3-2-4;1-2-3;1-2/h2-6,8H,1H3;2-6H,1H3;2*3-5H2,1-2H3;6H,3-4H2,1-2H3;6H,2-5H2,1H3;5H,2-4H2,1H3;2H2,1H3,(H,4,5);4H,2-3H2,1H3;2H,1H3;1-2H3/p-1. The van der Waals surface area contributed by atoms with Crippen LogP contribution in [0.1, 0.15) is 127 Å². The maximum Gasteiger partial charge on any atom is 0.302 e. The van der Waals surface area contributed by atoms with Crippen molar-refractivity contribution in [1.29, 1.82) is 0 Å². The first kappa shape index (κ1) is 83.7. The summed E-state index contributed by atoms with van der Waals surface area (Å²) in [4.78, 5) is 49.9. The highest BCUT2D eigenvalue weighted by Gasteiger charge is 1.89. The Kier molecular flexibility index (Phi) is 112. The predicted molar refractivity (Wildman–Crippen MR) is 288 cm³/mol. The van der Waals surface area contributed by atoms with Gasteiger partial charge in [0.05, 0.1) is 25.8 Å². The molecule has 5 N–H and O–H groups in total. The van der Waals surface area contributed by atoms with Crippen molar-refractivity contribution >= 4 is 71.1 Å². The van der Waals surface area contributed by atoms with Crippen LogP contribution < -0.4 is 15.7 Å². The number of carbonyl (C=O) groups is 5. The van der Waals surface area contributed by atoms with Crippen LogP contribution >= 0.6 is 35.3 Å². The number of ether oxygens (including phenoxy) is 3. The number of rotatable bonds is 20. The number of aliphatic carboxylic acids is 1. The molecule has 0 fully saturated rings. The third-order valence-corrected chi connectivity index (χ3v) is 7.99. The SMILES string of the molecule is CC.CC=O.CCCCCO.CCCCO.CCCCOC(C)=O.CCCCOC(C)=O.CNCCOC(C)=O.CNc1ccccc1.CSCC(=O)[O-].CSCCO.CSc1ccccc1. The highest BCUT2D eigenvalue weighted by Crippen LogP contribution is 2.11. The average molecular weight is 1010 g/mol. The number of hydrogen-bond donors (Lipinski definition) is 5. The lowest BCUT2D eigenvalue weighted by Gasteiger charge is -1.97. The maximum atomic E-state index is 10.1. The molecule has 0 radical (unpaired) electrons. The molecule has 2 aromatic carbocycles. The molecule has 0 aliphatic rings. The number of nitrogens with one attached hydrogen (secondary N) is 2. The zero-order valence-corrected chi connectivity index (χ0v) is 46.8. The largest absolute Gasteiger partial charge is 0.549 e. The van der Waals surface area contributed by atoms with Crippen LogP contribution in [0.25, 0.3) is 0 Å². The van der Waals surface area contributed by atoms with E-state index in [-0.39, 0.29) is 23.7 Å². The van der Waals surface area contributed by atoms with E-state index >= 15 is 0 Å². The van der Waals surface area contributed by atoms with Gasteiger partial charge in [-0.25, -0.2) is 0 Å². The van der Waals surface area contributed by atoms with Crippen molar-refractivity contribution in [3.63, 3.8) is 0 Å². The van der Waals surface area contributed by atoms with Gasteiger partial charge in [0, 0.05) is 69.7 Å². The van der Waals surface area contributed by atoms with E-state index in [1.807, 2.05) is 82.7 Å². The molecule has 0 saturated heterocycles. The van der Waals surface area contributed by atoms with Crippen LogP contribution in [0.2, 0.25) is 0 Å². The van der Waals surface area contributed by atoms with Gasteiger partial charge in [0.1, 0.15) is 12.9 Å². The summed E-state index contributed by atoms with van der Waals surface area (Å²) in [6, 6.07) is 20.4. The second-order valence-corrected chi connectivity index (χ2v) is 15.0. The van der Waals surface area contributed by atoms with Crippen molar-refractivity contribution < 1.29 is 58.6 Å². The first-order valence-electron chi connectivity index (χ1n) is 22.9. The van der Waals surface area contributed by atoms with Crippen molar-refractivity contribution in [2.75, 3.05) is 95.9 Å². The van der Waals surface area contributed by atoms with E-state index in [1.165, 1.54) is 50.8 Å². The first-order valence-corrected chi connectivity index (χ1v) is 26.9. The van der Waals surface area contributed by atoms with Crippen LogP contribution in [0.15, 0.2) is 65.6 Å². The minimum absolute atomic E-state index is 0.0972. The fraction of sp³-hybridized carbons (Fsp3) is 0.660. The average Bonchev–Trinajstić information content (AvgIpc) is 3.32. The Balaban J connectivity index is -0.0000000801. The smallest absolute Gasteiger partial charge is 0.302 e. The number of thioether (sulfide) groups is 3. The van der Waals surface area contributed by atoms with E-state index in [0.29, 0.717) is 39.6 Å². The summed E-state index contributed by atoms with van der Waals surface area (Å²) in [6.07, 6.45) is 16.0. The van der Waals surface area contributed by atoms with Crippen LogP contribution in [-0.4, -0.2) is 136 Å². The number of unbranched alkanes of at least 4 members (excludes halogenated alkanes) is 5. The van der Waals surface area contributed by atoms with Gasteiger partial charge >= 0.3 is 17.9 Å². The Hall–Kier alpha value is -3.32. The number of aliphatic hydroxyl groups excluding tert-OH is 3. The molecule has 0 aliphatic heterocycles. The summed E-state index contributed by atoms with van der Waals surface area (Å²) in [7, 11) is 3.72. The van der Waals surface area contributed by atoms with Gasteiger partial charge in [-0.05, 0) is 82.7 Å². The summed E-state index contributed by atoms with van der Waals surface area (Å²) >= 11 is 4.67. The number of hydrogen-bond acceptors (Lipinski definition) is 17. The van der Waals surface area contributed by atoms with Gasteiger partial charge in [0.15, 0.2) is 0 Å². The maximum absolute atomic E-state index is 10.1. The zero-order valence-electron chi connectivity index (χ0n) is 44.3. The lowest BCUT2D eigenvalue weighted by Crippen LogP contribution is -2.24. The summed E-state index contributed by atoms with van der Waals surface area (Å²) in [6.45, 7) is 21.3. The second-order valence-electron chi connectivity index (χ2n) is 12.2. The summed E-state index contributed by atoms with van der Waals surface area (Å²) in [5, 5.41) is 39.6. The van der Waals surface area contributed by atoms with E-state index in [0.717, 1.165) is 75.6 Å². The molecule has 0 bridgehead atoms. The number of para-hydroxylation sites is 1. The molecule has 0 aromatic heterocycles. The molecule has 0 amide bonds. The number of benzene rings is 2. The minimum Gasteiger partial charge on any atom is -0.549 e. The Morgan fingerprint density at radius 1 is 0.612 bits per heavy atom. The summed E-state index contributed by atoms with van der Waals surface area (Å²) in [5.74, 6) is -0.625. The number of esters is 3. The Labute approximate surface area is 421 Å². The lowest BCUT2D eigenvalue weighted by molar-refractivity contribution is -0.301. The number of carbonyl (C=O) groups excluding carboxylic acids is 5. The van der Waals surface area contributed by atoms with Crippen molar-refractivity contribution in [3.05, 3.63) is 60.7 Å². The van der Waals surface area contributed by atoms with E-state index in [9.17, 15) is 24.3 Å². The van der Waals surface area contributed by atoms with E-state index < -0.39 is 5.97 Å². The molecule has 67 heavy (non-hydrogen) atoms. The number of carboxylic acid groups (broad SMARTS) is 1. The van der Waals surface area contributed by atoms with E-state index in [1.54, 1.807) is 29.8 Å². The third kappa shape index (κ3) is 133. The fourth-order valence-electron chi connectivity index (χ4n) is 2.91. The van der Waals surface area contributed by atoms with Crippen molar-refractivity contribution in [2.24, 2.45) is 0 Å². The number of aldehydes is 1. The second kappa shape index (κ2) is 89.3. The number of anilines is 1. The van der Waals surface area contributed by atoms with Gasteiger partial charge in [0.25, 0.3) is 0 Å². The number of carboxylic acids is 1. The van der Waals surface area contributed by atoms with Crippen LogP contribution in [-0.2, 0) is 38.2 Å². The highest BCUT2D eigenvalue weighted by molar-refractivity contribution is 7.99. The van der Waals surface area contributed by atoms with Crippen LogP contribution in [0, 0.1) is 0 Å². The predicted octanol–water partition coefficient (Wildman–Crippen LogP) is 9.23. The normalized spacial score (nSPS) is 8.33. The number of aliphatic hydroxyl groups is 3. The van der Waals surface area contributed by atoms with Gasteiger partial charge in [-0.1, -0.05) is 110 Å². The molecule has 0 aliphatic carbocycles. The topological polar surface area (TPSA) is 221 Å². The monoisotopic (exact) mass is 1010 g/mol. The van der Waals surface area contributed by atoms with Crippen LogP contribution in [0.4, 0.5) is 5.69 Å². The zero-order chi connectivity index (χ0) is 53.6. The molecule has 0 heterocycles. The van der Waals surface area contributed by atoms with Gasteiger partial charge in [-0.2, -0.15) is 23.5 Å². The molecule has 0 saturated carbocycles. The highest BCUT2D eigenvalue weighted by atomic mass is 32.2. The summed E-state index contributed by atoms with van der Waals surface area (Å²) < 4.78 is 13.9. The lowest BCUT2D eigenvalue weighted by atomic mass is 10.3. The molecule has 0 unspecified atom stereocenters. The molecule has 398 valence electrons.